The minimum atomic E-state index is -0.461. The Morgan fingerprint density at radius 1 is 0.808 bits per heavy atom. The average Bonchev–Trinajstić information content (AvgIpc) is 2.63. The van der Waals surface area contributed by atoms with Crippen LogP contribution in [-0.2, 0) is 9.53 Å². The molecule has 0 fully saturated rings. The molecule has 0 unspecified atom stereocenters. The minimum Gasteiger partial charge on any atom is -1.00 e. The molecule has 0 saturated carbocycles. The van der Waals surface area contributed by atoms with E-state index in [1.807, 2.05) is 13.8 Å². The molecular weight excluding hydrogens is 333 g/mol. The molecule has 2 N–H and O–H groups in total. The summed E-state index contributed by atoms with van der Waals surface area (Å²) in [6, 6.07) is -0.461. The molecule has 0 aromatic rings. The maximum atomic E-state index is 11.7. The van der Waals surface area contributed by atoms with Gasteiger partial charge in [0.2, 0.25) is 0 Å². The van der Waals surface area contributed by atoms with E-state index in [2.05, 4.69) is 6.92 Å². The van der Waals surface area contributed by atoms with Crippen LogP contribution in [0.2, 0.25) is 0 Å². The topological polar surface area (TPSA) is 52.3 Å². The third-order valence-electron chi connectivity index (χ3n) is 5.27. The second kappa shape index (κ2) is 21.7. The van der Waals surface area contributed by atoms with Crippen LogP contribution in [0.15, 0.2) is 0 Å². The Morgan fingerprint density at radius 3 is 1.58 bits per heavy atom. The summed E-state index contributed by atoms with van der Waals surface area (Å²) in [5, 5.41) is 0. The van der Waals surface area contributed by atoms with Gasteiger partial charge in [0.15, 0.2) is 0 Å². The zero-order chi connectivity index (χ0) is 18.8. The maximum absolute atomic E-state index is 11.7. The van der Waals surface area contributed by atoms with Crippen LogP contribution in [-0.4, -0.2) is 18.6 Å². The molecule has 0 amide bonds. The molecule has 0 aromatic carbocycles. The Kier molecular flexibility index (Phi) is 23.9. The van der Waals surface area contributed by atoms with E-state index in [-0.39, 0.29) is 42.9 Å². The smallest absolute Gasteiger partial charge is 1.00 e. The van der Waals surface area contributed by atoms with Crippen molar-refractivity contribution in [1.82, 2.24) is 0 Å². The Balaban J connectivity index is -0.00000288. The van der Waals surface area contributed by atoms with E-state index in [0.717, 1.165) is 19.3 Å². The van der Waals surface area contributed by atoms with Gasteiger partial charge in [-0.3, -0.25) is 4.79 Å². The van der Waals surface area contributed by atoms with E-state index in [4.69, 9.17) is 10.5 Å². The SMILES string of the molecule is CCCCCCCCCCCCCCCCOC(=O)[C@@H](N)[C@@H](C)CC.[H-].[Na+]. The Hall–Kier alpha value is 0.430. The molecule has 26 heavy (non-hydrogen) atoms. The molecule has 0 bridgehead atoms. The predicted octanol–water partition coefficient (Wildman–Crippen LogP) is 3.50. The van der Waals surface area contributed by atoms with Gasteiger partial charge in [-0.1, -0.05) is 111 Å². The monoisotopic (exact) mass is 379 g/mol. The van der Waals surface area contributed by atoms with Crippen LogP contribution in [0.3, 0.4) is 0 Å². The van der Waals surface area contributed by atoms with E-state index in [1.54, 1.807) is 0 Å². The molecule has 0 spiro atoms. The van der Waals surface area contributed by atoms with Crippen LogP contribution in [0.5, 0.6) is 0 Å². The third-order valence-corrected chi connectivity index (χ3v) is 5.27. The summed E-state index contributed by atoms with van der Waals surface area (Å²) in [5.41, 5.74) is 5.86. The van der Waals surface area contributed by atoms with Crippen molar-refractivity contribution in [1.29, 1.82) is 0 Å². The van der Waals surface area contributed by atoms with E-state index >= 15 is 0 Å². The van der Waals surface area contributed by atoms with E-state index < -0.39 is 6.04 Å². The fourth-order valence-corrected chi connectivity index (χ4v) is 3.05. The summed E-state index contributed by atoms with van der Waals surface area (Å²) in [4.78, 5) is 11.7. The van der Waals surface area contributed by atoms with Crippen molar-refractivity contribution in [2.24, 2.45) is 11.7 Å². The molecule has 3 nitrogen and oxygen atoms in total. The Bertz CT molecular complexity index is 306. The molecule has 0 saturated heterocycles. The van der Waals surface area contributed by atoms with Crippen molar-refractivity contribution in [3.63, 3.8) is 0 Å². The number of esters is 1. The zero-order valence-corrected chi connectivity index (χ0v) is 20.4. The molecule has 0 aliphatic heterocycles. The summed E-state index contributed by atoms with van der Waals surface area (Å²) in [6.07, 6.45) is 19.6. The van der Waals surface area contributed by atoms with E-state index in [9.17, 15) is 4.79 Å². The molecule has 0 radical (unpaired) electrons. The molecule has 0 aromatic heterocycles. The first-order chi connectivity index (χ1) is 12.1. The Morgan fingerprint density at radius 2 is 1.19 bits per heavy atom. The third kappa shape index (κ3) is 17.8. The van der Waals surface area contributed by atoms with Crippen molar-refractivity contribution in [3.8, 4) is 0 Å². The second-order valence-electron chi connectivity index (χ2n) is 7.68. The first kappa shape index (κ1) is 28.6. The fourth-order valence-electron chi connectivity index (χ4n) is 3.05. The standard InChI is InChI=1S/C22H45NO2.Na.H/c1-4-6-7-8-9-10-11-12-13-14-15-16-17-18-19-25-22(24)21(23)20(3)5-2;;/h20-21H,4-19,23H2,1-3H3;;/q;+1;-1/t20-,21-;;/m0../s1. The number of hydrogen-bond acceptors (Lipinski definition) is 3. The maximum Gasteiger partial charge on any atom is 1.00 e. The number of ether oxygens (including phenoxy) is 1. The van der Waals surface area contributed by atoms with Gasteiger partial charge in [0.25, 0.3) is 0 Å². The van der Waals surface area contributed by atoms with Crippen molar-refractivity contribution in [2.75, 3.05) is 6.61 Å². The molecule has 4 heteroatoms. The van der Waals surface area contributed by atoms with Crippen molar-refractivity contribution < 1.29 is 40.5 Å². The van der Waals surface area contributed by atoms with Crippen LogP contribution < -0.4 is 35.3 Å². The molecule has 0 heterocycles. The van der Waals surface area contributed by atoms with Gasteiger partial charge in [-0.15, -0.1) is 0 Å². The fraction of sp³-hybridized carbons (Fsp3) is 0.955. The number of hydrogen-bond donors (Lipinski definition) is 1. The van der Waals surface area contributed by atoms with Gasteiger partial charge < -0.3 is 11.9 Å². The first-order valence-corrected chi connectivity index (χ1v) is 11.1. The summed E-state index contributed by atoms with van der Waals surface area (Å²) < 4.78 is 5.27. The summed E-state index contributed by atoms with van der Waals surface area (Å²) in [6.45, 7) is 6.85. The van der Waals surface area contributed by atoms with Gasteiger partial charge in [-0.25, -0.2) is 0 Å². The normalized spacial score (nSPS) is 13.1. The van der Waals surface area contributed by atoms with Crippen molar-refractivity contribution in [3.05, 3.63) is 0 Å². The summed E-state index contributed by atoms with van der Waals surface area (Å²) in [5.74, 6) is -0.0344. The molecule has 0 aliphatic rings. The van der Waals surface area contributed by atoms with Crippen LogP contribution in [0, 0.1) is 5.92 Å². The first-order valence-electron chi connectivity index (χ1n) is 11.1. The molecular formula is C22H46NNaO2. The van der Waals surface area contributed by atoms with Gasteiger partial charge in [0, 0.05) is 0 Å². The quantitative estimate of drug-likeness (QED) is 0.225. The van der Waals surface area contributed by atoms with Gasteiger partial charge in [-0.2, -0.15) is 0 Å². The second-order valence-corrected chi connectivity index (χ2v) is 7.68. The number of rotatable bonds is 18. The van der Waals surface area contributed by atoms with Crippen molar-refractivity contribution >= 4 is 5.97 Å². The summed E-state index contributed by atoms with van der Waals surface area (Å²) >= 11 is 0. The number of unbranched alkanes of at least 4 members (excludes halogenated alkanes) is 13. The molecule has 2 atom stereocenters. The molecule has 0 rings (SSSR count). The van der Waals surface area contributed by atoms with Gasteiger partial charge >= 0.3 is 35.5 Å². The number of carbonyl (C=O) groups is 1. The predicted molar refractivity (Wildman–Crippen MR) is 110 cm³/mol. The van der Waals surface area contributed by atoms with E-state index in [1.165, 1.54) is 77.0 Å². The van der Waals surface area contributed by atoms with Crippen LogP contribution in [0.25, 0.3) is 0 Å². The number of carbonyl (C=O) groups excluding carboxylic acids is 1. The van der Waals surface area contributed by atoms with Crippen molar-refractivity contribution in [2.45, 2.75) is 123 Å². The average molecular weight is 380 g/mol. The molecule has 152 valence electrons. The number of nitrogens with two attached hydrogens (primary N) is 1. The van der Waals surface area contributed by atoms with E-state index in [0.29, 0.717) is 6.61 Å². The molecule has 0 aliphatic carbocycles. The van der Waals surface area contributed by atoms with Crippen LogP contribution in [0.4, 0.5) is 0 Å². The van der Waals surface area contributed by atoms with Gasteiger partial charge in [-0.05, 0) is 12.3 Å². The zero-order valence-electron chi connectivity index (χ0n) is 19.4. The van der Waals surface area contributed by atoms with Gasteiger partial charge in [0.1, 0.15) is 6.04 Å². The minimum absolute atomic E-state index is 0. The summed E-state index contributed by atoms with van der Waals surface area (Å²) in [7, 11) is 0. The largest absolute Gasteiger partial charge is 1.00 e. The van der Waals surface area contributed by atoms with Crippen LogP contribution >= 0.6 is 0 Å². The van der Waals surface area contributed by atoms with Gasteiger partial charge in [0.05, 0.1) is 6.61 Å². The Labute approximate surface area is 187 Å². The van der Waals surface area contributed by atoms with Crippen LogP contribution in [0.1, 0.15) is 119 Å².